The Labute approximate surface area is 133 Å². The number of fused-ring (bicyclic) bond motifs is 2. The molecule has 0 saturated carbocycles. The number of rotatable bonds is 1. The molecule has 0 aliphatic carbocycles. The van der Waals surface area contributed by atoms with Gasteiger partial charge in [-0.3, -0.25) is 9.78 Å². The van der Waals surface area contributed by atoms with Crippen LogP contribution in [0.25, 0.3) is 28.1 Å². The first-order valence-electron chi connectivity index (χ1n) is 6.65. The molecule has 0 atom stereocenters. The summed E-state index contributed by atoms with van der Waals surface area (Å²) < 4.78 is 8.53. The second-order valence-corrected chi connectivity index (χ2v) is 5.95. The lowest BCUT2D eigenvalue weighted by atomic mass is 10.2. The van der Waals surface area contributed by atoms with Gasteiger partial charge in [0.25, 0.3) is 0 Å². The van der Waals surface area contributed by atoms with Crippen molar-refractivity contribution in [2.45, 2.75) is 6.92 Å². The summed E-state index contributed by atoms with van der Waals surface area (Å²) in [5.74, 6) is 0.446. The van der Waals surface area contributed by atoms with Crippen molar-refractivity contribution in [2.24, 2.45) is 0 Å². The zero-order valence-corrected chi connectivity index (χ0v) is 13.2. The number of hydrogen-bond acceptors (Lipinski definition) is 4. The topological polar surface area (TPSA) is 60.4 Å². The first kappa shape index (κ1) is 13.2. The van der Waals surface area contributed by atoms with Gasteiger partial charge in [0.1, 0.15) is 11.3 Å². The molecule has 0 N–H and O–H groups in total. The number of hydrogen-bond donors (Lipinski definition) is 0. The fraction of sp³-hybridized carbons (Fsp3) is 0.0625. The Morgan fingerprint density at radius 1 is 1.23 bits per heavy atom. The van der Waals surface area contributed by atoms with Gasteiger partial charge in [0.2, 0.25) is 0 Å². The molecular weight excluding hydrogens is 346 g/mol. The van der Waals surface area contributed by atoms with E-state index in [1.165, 1.54) is 6.07 Å². The Balaban J connectivity index is 1.95. The lowest BCUT2D eigenvalue weighted by molar-refractivity contribution is 0.616. The van der Waals surface area contributed by atoms with Crippen molar-refractivity contribution in [3.8, 4) is 11.5 Å². The number of nitrogens with zero attached hydrogens (tertiary/aromatic N) is 3. The van der Waals surface area contributed by atoms with Crippen LogP contribution in [0.2, 0.25) is 0 Å². The molecule has 3 aromatic heterocycles. The minimum absolute atomic E-state index is 0.0936. The van der Waals surface area contributed by atoms with E-state index >= 15 is 0 Å². The molecule has 108 valence electrons. The second kappa shape index (κ2) is 4.78. The van der Waals surface area contributed by atoms with E-state index in [2.05, 4.69) is 25.9 Å². The van der Waals surface area contributed by atoms with E-state index in [0.717, 1.165) is 10.2 Å². The van der Waals surface area contributed by atoms with Gasteiger partial charge in [-0.05, 0) is 25.1 Å². The zero-order valence-electron chi connectivity index (χ0n) is 11.6. The van der Waals surface area contributed by atoms with Gasteiger partial charge in [-0.25, -0.2) is 4.98 Å². The molecular formula is C16H10BrN3O2. The standard InChI is InChI=1S/C16H10BrN3O2/c1-9-7-20-8-12(19-16(20)6-18-9)15-5-13(21)11-4-10(17)2-3-14(11)22-15/h2-8H,1H3. The number of aromatic nitrogens is 3. The van der Waals surface area contributed by atoms with Crippen LogP contribution in [-0.2, 0) is 0 Å². The molecule has 0 fully saturated rings. The fourth-order valence-electron chi connectivity index (χ4n) is 2.37. The van der Waals surface area contributed by atoms with Gasteiger partial charge in [0.05, 0.1) is 17.3 Å². The molecule has 0 radical (unpaired) electrons. The Morgan fingerprint density at radius 2 is 2.09 bits per heavy atom. The van der Waals surface area contributed by atoms with Crippen LogP contribution in [0, 0.1) is 6.92 Å². The molecule has 0 unspecified atom stereocenters. The van der Waals surface area contributed by atoms with Crippen LogP contribution in [0.5, 0.6) is 0 Å². The second-order valence-electron chi connectivity index (χ2n) is 5.04. The molecule has 22 heavy (non-hydrogen) atoms. The first-order valence-corrected chi connectivity index (χ1v) is 7.44. The smallest absolute Gasteiger partial charge is 0.193 e. The third-order valence-electron chi connectivity index (χ3n) is 3.41. The summed E-state index contributed by atoms with van der Waals surface area (Å²) in [6.45, 7) is 1.91. The summed E-state index contributed by atoms with van der Waals surface area (Å²) in [5, 5.41) is 0.541. The Bertz CT molecular complexity index is 1080. The zero-order chi connectivity index (χ0) is 15.3. The minimum atomic E-state index is -0.0936. The molecule has 4 rings (SSSR count). The maximum absolute atomic E-state index is 12.3. The van der Waals surface area contributed by atoms with Crippen LogP contribution in [-0.4, -0.2) is 14.4 Å². The predicted molar refractivity (Wildman–Crippen MR) is 86.9 cm³/mol. The van der Waals surface area contributed by atoms with Crippen molar-refractivity contribution >= 4 is 32.5 Å². The Hall–Kier alpha value is -2.47. The van der Waals surface area contributed by atoms with Gasteiger partial charge in [0, 0.05) is 22.9 Å². The quantitative estimate of drug-likeness (QED) is 0.523. The van der Waals surface area contributed by atoms with Gasteiger partial charge in [-0.15, -0.1) is 0 Å². The van der Waals surface area contributed by atoms with Crippen LogP contribution >= 0.6 is 15.9 Å². The van der Waals surface area contributed by atoms with Crippen LogP contribution in [0.15, 0.2) is 56.5 Å². The third kappa shape index (κ3) is 2.12. The molecule has 0 spiro atoms. The van der Waals surface area contributed by atoms with Crippen molar-refractivity contribution in [1.29, 1.82) is 0 Å². The lowest BCUT2D eigenvalue weighted by Gasteiger charge is -2.00. The molecule has 0 aliphatic rings. The minimum Gasteiger partial charge on any atom is -0.454 e. The molecule has 6 heteroatoms. The average molecular weight is 356 g/mol. The van der Waals surface area contributed by atoms with Gasteiger partial charge in [-0.2, -0.15) is 0 Å². The normalized spacial score (nSPS) is 11.4. The largest absolute Gasteiger partial charge is 0.454 e. The number of aryl methyl sites for hydroxylation is 1. The molecule has 0 amide bonds. The summed E-state index contributed by atoms with van der Waals surface area (Å²) in [7, 11) is 0. The maximum atomic E-state index is 12.3. The van der Waals surface area contributed by atoms with Crippen molar-refractivity contribution < 1.29 is 4.42 Å². The Kier molecular flexibility index (Phi) is 2.87. The average Bonchev–Trinajstić information content (AvgIpc) is 2.91. The monoisotopic (exact) mass is 355 g/mol. The molecule has 4 aromatic rings. The van der Waals surface area contributed by atoms with Crippen LogP contribution in [0.4, 0.5) is 0 Å². The van der Waals surface area contributed by atoms with Crippen molar-refractivity contribution in [3.63, 3.8) is 0 Å². The fourth-order valence-corrected chi connectivity index (χ4v) is 2.74. The van der Waals surface area contributed by atoms with Crippen LogP contribution < -0.4 is 5.43 Å². The maximum Gasteiger partial charge on any atom is 0.193 e. The van der Waals surface area contributed by atoms with Crippen molar-refractivity contribution in [3.05, 3.63) is 63.2 Å². The molecule has 0 aliphatic heterocycles. The predicted octanol–water partition coefficient (Wildman–Crippen LogP) is 3.57. The van der Waals surface area contributed by atoms with E-state index in [4.69, 9.17) is 4.42 Å². The van der Waals surface area contributed by atoms with E-state index in [1.54, 1.807) is 18.3 Å². The van der Waals surface area contributed by atoms with E-state index in [-0.39, 0.29) is 5.43 Å². The van der Waals surface area contributed by atoms with Crippen LogP contribution in [0.3, 0.4) is 0 Å². The molecule has 1 aromatic carbocycles. The summed E-state index contributed by atoms with van der Waals surface area (Å²) >= 11 is 3.36. The Morgan fingerprint density at radius 3 is 2.95 bits per heavy atom. The van der Waals surface area contributed by atoms with Gasteiger partial charge >= 0.3 is 0 Å². The van der Waals surface area contributed by atoms with Crippen molar-refractivity contribution in [1.82, 2.24) is 14.4 Å². The molecule has 0 bridgehead atoms. The summed E-state index contributed by atoms with van der Waals surface area (Å²) in [5.41, 5.74) is 2.65. The van der Waals surface area contributed by atoms with Crippen molar-refractivity contribution in [2.75, 3.05) is 0 Å². The highest BCUT2D eigenvalue weighted by atomic mass is 79.9. The van der Waals surface area contributed by atoms with E-state index in [0.29, 0.717) is 28.1 Å². The van der Waals surface area contributed by atoms with E-state index in [1.807, 2.05) is 29.8 Å². The van der Waals surface area contributed by atoms with Gasteiger partial charge in [-0.1, -0.05) is 15.9 Å². The summed E-state index contributed by atoms with van der Waals surface area (Å²) in [4.78, 5) is 20.9. The van der Waals surface area contributed by atoms with E-state index in [9.17, 15) is 4.79 Å². The number of halogens is 1. The molecule has 5 nitrogen and oxygen atoms in total. The highest BCUT2D eigenvalue weighted by Gasteiger charge is 2.11. The van der Waals surface area contributed by atoms with Gasteiger partial charge in [0.15, 0.2) is 16.8 Å². The van der Waals surface area contributed by atoms with Crippen LogP contribution in [0.1, 0.15) is 5.69 Å². The van der Waals surface area contributed by atoms with E-state index < -0.39 is 0 Å². The highest BCUT2D eigenvalue weighted by Crippen LogP contribution is 2.23. The molecule has 0 saturated heterocycles. The summed E-state index contributed by atoms with van der Waals surface area (Å²) in [6.07, 6.45) is 5.39. The first-order chi connectivity index (χ1) is 10.6. The highest BCUT2D eigenvalue weighted by molar-refractivity contribution is 9.10. The number of imidazole rings is 1. The lowest BCUT2D eigenvalue weighted by Crippen LogP contribution is -2.00. The van der Waals surface area contributed by atoms with Gasteiger partial charge < -0.3 is 8.82 Å². The SMILES string of the molecule is Cc1cn2cc(-c3cc(=O)c4cc(Br)ccc4o3)nc2cn1. The molecule has 3 heterocycles. The summed E-state index contributed by atoms with van der Waals surface area (Å²) in [6, 6.07) is 6.83. The third-order valence-corrected chi connectivity index (χ3v) is 3.91. The number of benzene rings is 1.